The summed E-state index contributed by atoms with van der Waals surface area (Å²) < 4.78 is 11.8. The number of nitrogens with zero attached hydrogens (tertiary/aromatic N) is 2. The van der Waals surface area contributed by atoms with E-state index in [9.17, 15) is 0 Å². The van der Waals surface area contributed by atoms with Crippen molar-refractivity contribution in [1.82, 2.24) is 10.2 Å². The molecule has 6 heteroatoms. The van der Waals surface area contributed by atoms with Crippen molar-refractivity contribution in [2.75, 3.05) is 12.4 Å². The zero-order valence-electron chi connectivity index (χ0n) is 10.9. The van der Waals surface area contributed by atoms with Gasteiger partial charge in [0.15, 0.2) is 0 Å². The summed E-state index contributed by atoms with van der Waals surface area (Å²) in [6.07, 6.45) is 0. The molecule has 0 spiro atoms. The van der Waals surface area contributed by atoms with Crippen molar-refractivity contribution in [3.63, 3.8) is 0 Å². The highest BCUT2D eigenvalue weighted by molar-refractivity contribution is 6.61. The lowest BCUT2D eigenvalue weighted by Crippen LogP contribution is -2.41. The van der Waals surface area contributed by atoms with Crippen LogP contribution in [0, 0.1) is 0 Å². The van der Waals surface area contributed by atoms with Gasteiger partial charge in [-0.3, -0.25) is 0 Å². The van der Waals surface area contributed by atoms with E-state index < -0.39 is 7.12 Å². The molecule has 0 aromatic carbocycles. The van der Waals surface area contributed by atoms with E-state index in [1.54, 1.807) is 7.05 Å². The van der Waals surface area contributed by atoms with Gasteiger partial charge < -0.3 is 14.6 Å². The summed E-state index contributed by atoms with van der Waals surface area (Å²) in [7, 11) is 1.36. The van der Waals surface area contributed by atoms with Gasteiger partial charge in [-0.15, -0.1) is 5.10 Å². The molecule has 92 valence electrons. The van der Waals surface area contributed by atoms with Crippen molar-refractivity contribution < 1.29 is 9.31 Å². The fourth-order valence-corrected chi connectivity index (χ4v) is 1.57. The number of rotatable bonds is 2. The summed E-state index contributed by atoms with van der Waals surface area (Å²) in [5, 5.41) is 11.0. The van der Waals surface area contributed by atoms with Crippen LogP contribution in [0.25, 0.3) is 0 Å². The lowest BCUT2D eigenvalue weighted by molar-refractivity contribution is 0.00578. The molecule has 1 aromatic rings. The van der Waals surface area contributed by atoms with Gasteiger partial charge >= 0.3 is 7.12 Å². The van der Waals surface area contributed by atoms with Crippen LogP contribution < -0.4 is 10.9 Å². The zero-order chi connectivity index (χ0) is 12.7. The molecule has 0 saturated carbocycles. The molecule has 0 bridgehead atoms. The van der Waals surface area contributed by atoms with Gasteiger partial charge in [0, 0.05) is 7.05 Å². The van der Waals surface area contributed by atoms with Gasteiger partial charge in [0.05, 0.1) is 16.8 Å². The van der Waals surface area contributed by atoms with E-state index in [1.807, 2.05) is 39.8 Å². The normalized spacial score (nSPS) is 21.6. The summed E-state index contributed by atoms with van der Waals surface area (Å²) in [4.78, 5) is 0. The largest absolute Gasteiger partial charge is 0.516 e. The van der Waals surface area contributed by atoms with E-state index in [0.29, 0.717) is 5.59 Å². The highest BCUT2D eigenvalue weighted by Gasteiger charge is 2.52. The van der Waals surface area contributed by atoms with Crippen LogP contribution >= 0.6 is 0 Å². The molecular formula is C11H18BN3O2. The Balaban J connectivity index is 2.20. The maximum absolute atomic E-state index is 5.88. The molecule has 1 N–H and O–H groups in total. The van der Waals surface area contributed by atoms with E-state index >= 15 is 0 Å². The number of anilines is 1. The van der Waals surface area contributed by atoms with Crippen molar-refractivity contribution in [3.05, 3.63) is 12.1 Å². The first kappa shape index (κ1) is 12.3. The summed E-state index contributed by atoms with van der Waals surface area (Å²) in [5.41, 5.74) is 0.00449. The minimum atomic E-state index is -0.446. The van der Waals surface area contributed by atoms with Crippen LogP contribution in [-0.2, 0) is 9.31 Å². The third-order valence-electron chi connectivity index (χ3n) is 3.44. The third-order valence-corrected chi connectivity index (χ3v) is 3.44. The Hall–Kier alpha value is -1.14. The average molecular weight is 235 g/mol. The van der Waals surface area contributed by atoms with Gasteiger partial charge in [0.25, 0.3) is 0 Å². The molecule has 1 aromatic heterocycles. The molecule has 0 radical (unpaired) electrons. The predicted octanol–water partition coefficient (Wildman–Crippen LogP) is 0.817. The Labute approximate surface area is 102 Å². The number of nitrogens with one attached hydrogen (secondary N) is 1. The minimum Gasteiger partial charge on any atom is -0.398 e. The van der Waals surface area contributed by atoms with Crippen LogP contribution in [-0.4, -0.2) is 35.6 Å². The van der Waals surface area contributed by atoms with Gasteiger partial charge in [-0.2, -0.15) is 5.10 Å². The number of aromatic nitrogens is 2. The van der Waals surface area contributed by atoms with E-state index in [0.717, 1.165) is 5.82 Å². The molecule has 1 aliphatic rings. The standard InChI is InChI=1S/C11H18BN3O2/c1-10(2)11(3,4)17-12(16-10)8-6-7-9(13-5)15-14-8/h6-7H,1-5H3,(H,13,15). The van der Waals surface area contributed by atoms with Crippen molar-refractivity contribution in [3.8, 4) is 0 Å². The first-order chi connectivity index (χ1) is 7.86. The Bertz CT molecular complexity index is 390. The minimum absolute atomic E-state index is 0.346. The van der Waals surface area contributed by atoms with E-state index in [4.69, 9.17) is 9.31 Å². The molecule has 0 unspecified atom stereocenters. The number of hydrogen-bond acceptors (Lipinski definition) is 5. The smallest absolute Gasteiger partial charge is 0.398 e. The van der Waals surface area contributed by atoms with Gasteiger partial charge in [-0.1, -0.05) is 0 Å². The molecule has 17 heavy (non-hydrogen) atoms. The van der Waals surface area contributed by atoms with Gasteiger partial charge in [-0.25, -0.2) is 0 Å². The summed E-state index contributed by atoms with van der Waals surface area (Å²) in [6.45, 7) is 8.07. The van der Waals surface area contributed by atoms with E-state index in [2.05, 4.69) is 15.5 Å². The highest BCUT2D eigenvalue weighted by atomic mass is 16.7. The van der Waals surface area contributed by atoms with Crippen LogP contribution in [0.3, 0.4) is 0 Å². The molecule has 1 saturated heterocycles. The van der Waals surface area contributed by atoms with Crippen LogP contribution in [0.15, 0.2) is 12.1 Å². The molecule has 5 nitrogen and oxygen atoms in total. The van der Waals surface area contributed by atoms with Gasteiger partial charge in [0.1, 0.15) is 5.82 Å². The molecule has 1 fully saturated rings. The Kier molecular flexibility index (Phi) is 2.87. The zero-order valence-corrected chi connectivity index (χ0v) is 10.9. The SMILES string of the molecule is CNc1ccc(B2OC(C)(C)C(C)(C)O2)nn1. The second-order valence-corrected chi connectivity index (χ2v) is 5.18. The lowest BCUT2D eigenvalue weighted by atomic mass is 9.85. The fraction of sp³-hybridized carbons (Fsp3) is 0.636. The fourth-order valence-electron chi connectivity index (χ4n) is 1.57. The first-order valence-corrected chi connectivity index (χ1v) is 5.73. The predicted molar refractivity (Wildman–Crippen MR) is 67.3 cm³/mol. The summed E-state index contributed by atoms with van der Waals surface area (Å²) >= 11 is 0. The van der Waals surface area contributed by atoms with Crippen LogP contribution in [0.2, 0.25) is 0 Å². The second-order valence-electron chi connectivity index (χ2n) is 5.18. The van der Waals surface area contributed by atoms with Crippen molar-refractivity contribution in [2.45, 2.75) is 38.9 Å². The maximum Gasteiger partial charge on any atom is 0.516 e. The highest BCUT2D eigenvalue weighted by Crippen LogP contribution is 2.36. The molecule has 2 rings (SSSR count). The molecule has 0 atom stereocenters. The molecular weight excluding hydrogens is 217 g/mol. The maximum atomic E-state index is 5.88. The lowest BCUT2D eigenvalue weighted by Gasteiger charge is -2.32. The van der Waals surface area contributed by atoms with Crippen LogP contribution in [0.1, 0.15) is 27.7 Å². The van der Waals surface area contributed by atoms with E-state index in [1.165, 1.54) is 0 Å². The van der Waals surface area contributed by atoms with Crippen LogP contribution in [0.4, 0.5) is 5.82 Å². The molecule has 1 aliphatic heterocycles. The van der Waals surface area contributed by atoms with Crippen molar-refractivity contribution in [2.24, 2.45) is 0 Å². The molecule has 0 amide bonds. The first-order valence-electron chi connectivity index (χ1n) is 5.73. The second kappa shape index (κ2) is 3.96. The Morgan fingerprint density at radius 1 is 1.06 bits per heavy atom. The number of hydrogen-bond donors (Lipinski definition) is 1. The van der Waals surface area contributed by atoms with Crippen LogP contribution in [0.5, 0.6) is 0 Å². The molecule has 0 aliphatic carbocycles. The van der Waals surface area contributed by atoms with Crippen molar-refractivity contribution in [1.29, 1.82) is 0 Å². The average Bonchev–Trinajstić information content (AvgIpc) is 2.48. The Morgan fingerprint density at radius 2 is 1.65 bits per heavy atom. The third kappa shape index (κ3) is 2.15. The topological polar surface area (TPSA) is 56.3 Å². The summed E-state index contributed by atoms with van der Waals surface area (Å²) in [6, 6.07) is 3.72. The van der Waals surface area contributed by atoms with Crippen molar-refractivity contribution >= 4 is 18.5 Å². The summed E-state index contributed by atoms with van der Waals surface area (Å²) in [5.74, 6) is 0.727. The molecule has 2 heterocycles. The van der Waals surface area contributed by atoms with Gasteiger partial charge in [-0.05, 0) is 39.8 Å². The Morgan fingerprint density at radius 3 is 2.06 bits per heavy atom. The quantitative estimate of drug-likeness (QED) is 0.769. The monoisotopic (exact) mass is 235 g/mol. The van der Waals surface area contributed by atoms with Gasteiger partial charge in [0.2, 0.25) is 0 Å². The van der Waals surface area contributed by atoms with E-state index in [-0.39, 0.29) is 11.2 Å².